The van der Waals surface area contributed by atoms with Crippen LogP contribution in [0.4, 0.5) is 0 Å². The van der Waals surface area contributed by atoms with Crippen molar-refractivity contribution in [3.8, 4) is 0 Å². The summed E-state index contributed by atoms with van der Waals surface area (Å²) in [6.07, 6.45) is 2.21. The molecule has 0 radical (unpaired) electrons. The Morgan fingerprint density at radius 1 is 1.16 bits per heavy atom. The summed E-state index contributed by atoms with van der Waals surface area (Å²) < 4.78 is 0. The highest BCUT2D eigenvalue weighted by atomic mass is 35.5. The van der Waals surface area contributed by atoms with Crippen LogP contribution < -0.4 is 5.73 Å². The summed E-state index contributed by atoms with van der Waals surface area (Å²) in [4.78, 5) is 14.3. The van der Waals surface area contributed by atoms with Crippen molar-refractivity contribution in [2.45, 2.75) is 18.9 Å². The van der Waals surface area contributed by atoms with Gasteiger partial charge in [-0.3, -0.25) is 4.79 Å². The molecule has 1 aromatic carbocycles. The molecular weight excluding hydrogens is 283 g/mol. The van der Waals surface area contributed by atoms with E-state index in [4.69, 9.17) is 28.9 Å². The third-order valence-corrected chi connectivity index (χ3v) is 4.75. The Morgan fingerprint density at radius 2 is 1.84 bits per heavy atom. The molecule has 3 atom stereocenters. The number of halogens is 2. The number of nitrogens with zero attached hydrogens (tertiary/aromatic N) is 1. The van der Waals surface area contributed by atoms with Crippen LogP contribution in [-0.4, -0.2) is 29.9 Å². The zero-order chi connectivity index (χ0) is 13.6. The molecule has 1 aliphatic carbocycles. The van der Waals surface area contributed by atoms with Crippen LogP contribution >= 0.6 is 23.2 Å². The second-order valence-electron chi connectivity index (χ2n) is 5.53. The molecule has 0 aromatic heterocycles. The Kier molecular flexibility index (Phi) is 3.46. The van der Waals surface area contributed by atoms with Crippen LogP contribution in [-0.2, 0) is 0 Å². The Hall–Kier alpha value is -0.770. The zero-order valence-corrected chi connectivity index (χ0v) is 12.0. The summed E-state index contributed by atoms with van der Waals surface area (Å²) in [5, 5.41) is 0.985. The number of nitrogens with two attached hydrogens (primary N) is 1. The molecule has 1 aliphatic heterocycles. The maximum Gasteiger partial charge on any atom is 0.253 e. The number of carbonyl (C=O) groups excluding carboxylic acids is 1. The van der Waals surface area contributed by atoms with E-state index in [1.54, 1.807) is 18.2 Å². The van der Waals surface area contributed by atoms with Crippen LogP contribution in [0.3, 0.4) is 0 Å². The molecular formula is C14H16Cl2N2O. The van der Waals surface area contributed by atoms with Gasteiger partial charge in [-0.15, -0.1) is 0 Å². The molecule has 1 heterocycles. The molecule has 1 saturated carbocycles. The lowest BCUT2D eigenvalue weighted by Crippen LogP contribution is -2.33. The molecule has 2 N–H and O–H groups in total. The van der Waals surface area contributed by atoms with Gasteiger partial charge in [0, 0.05) is 34.7 Å². The van der Waals surface area contributed by atoms with E-state index in [9.17, 15) is 4.79 Å². The predicted octanol–water partition coefficient (Wildman–Crippen LogP) is 2.80. The Bertz CT molecular complexity index is 500. The highest BCUT2D eigenvalue weighted by Gasteiger charge is 2.42. The Labute approximate surface area is 122 Å². The first-order valence-electron chi connectivity index (χ1n) is 6.55. The van der Waals surface area contributed by atoms with E-state index in [2.05, 4.69) is 0 Å². The predicted molar refractivity (Wildman–Crippen MR) is 76.6 cm³/mol. The van der Waals surface area contributed by atoms with Gasteiger partial charge >= 0.3 is 0 Å². The molecule has 1 saturated heterocycles. The molecule has 1 aromatic rings. The fourth-order valence-electron chi connectivity index (χ4n) is 3.33. The van der Waals surface area contributed by atoms with Gasteiger partial charge in [-0.1, -0.05) is 23.2 Å². The van der Waals surface area contributed by atoms with Crippen molar-refractivity contribution < 1.29 is 4.79 Å². The minimum absolute atomic E-state index is 0.00556. The van der Waals surface area contributed by atoms with Crippen LogP contribution in [0.15, 0.2) is 18.2 Å². The fourth-order valence-corrected chi connectivity index (χ4v) is 3.86. The van der Waals surface area contributed by atoms with Gasteiger partial charge in [-0.2, -0.15) is 0 Å². The first-order chi connectivity index (χ1) is 9.04. The van der Waals surface area contributed by atoms with E-state index < -0.39 is 0 Å². The smallest absolute Gasteiger partial charge is 0.253 e. The van der Waals surface area contributed by atoms with Gasteiger partial charge < -0.3 is 10.6 Å². The molecule has 0 spiro atoms. The second kappa shape index (κ2) is 4.97. The lowest BCUT2D eigenvalue weighted by atomic mass is 9.98. The molecule has 5 heteroatoms. The van der Waals surface area contributed by atoms with Crippen LogP contribution in [0, 0.1) is 11.8 Å². The zero-order valence-electron chi connectivity index (χ0n) is 10.5. The molecule has 102 valence electrons. The van der Waals surface area contributed by atoms with Crippen molar-refractivity contribution in [3.05, 3.63) is 33.8 Å². The van der Waals surface area contributed by atoms with Crippen LogP contribution in [0.2, 0.25) is 10.0 Å². The van der Waals surface area contributed by atoms with Gasteiger partial charge in [0.25, 0.3) is 5.91 Å². The van der Waals surface area contributed by atoms with E-state index in [-0.39, 0.29) is 11.9 Å². The maximum absolute atomic E-state index is 12.5. The number of hydrogen-bond donors (Lipinski definition) is 1. The van der Waals surface area contributed by atoms with Crippen LogP contribution in [0.1, 0.15) is 23.2 Å². The third-order valence-electron chi connectivity index (χ3n) is 4.31. The molecule has 3 nitrogen and oxygen atoms in total. The van der Waals surface area contributed by atoms with Crippen LogP contribution in [0.25, 0.3) is 0 Å². The van der Waals surface area contributed by atoms with Crippen molar-refractivity contribution in [3.63, 3.8) is 0 Å². The quantitative estimate of drug-likeness (QED) is 0.866. The molecule has 1 amide bonds. The van der Waals surface area contributed by atoms with Crippen molar-refractivity contribution in [2.75, 3.05) is 13.1 Å². The second-order valence-corrected chi connectivity index (χ2v) is 6.41. The first-order valence-corrected chi connectivity index (χ1v) is 7.31. The summed E-state index contributed by atoms with van der Waals surface area (Å²) in [6, 6.07) is 5.22. The summed E-state index contributed by atoms with van der Waals surface area (Å²) in [7, 11) is 0. The molecule has 3 rings (SSSR count). The van der Waals surface area contributed by atoms with Gasteiger partial charge in [-0.25, -0.2) is 0 Å². The summed E-state index contributed by atoms with van der Waals surface area (Å²) in [5.74, 6) is 1.03. The van der Waals surface area contributed by atoms with Crippen molar-refractivity contribution in [2.24, 2.45) is 17.6 Å². The van der Waals surface area contributed by atoms with Crippen molar-refractivity contribution in [1.29, 1.82) is 0 Å². The maximum atomic E-state index is 12.5. The summed E-state index contributed by atoms with van der Waals surface area (Å²) >= 11 is 11.9. The Balaban J connectivity index is 1.78. The average Bonchev–Trinajstić information content (AvgIpc) is 2.90. The van der Waals surface area contributed by atoms with E-state index in [1.165, 1.54) is 0 Å². The number of benzene rings is 1. The Morgan fingerprint density at radius 3 is 2.47 bits per heavy atom. The highest BCUT2D eigenvalue weighted by molar-refractivity contribution is 6.35. The lowest BCUT2D eigenvalue weighted by molar-refractivity contribution is 0.0779. The van der Waals surface area contributed by atoms with Crippen molar-refractivity contribution in [1.82, 2.24) is 4.90 Å². The average molecular weight is 299 g/mol. The van der Waals surface area contributed by atoms with E-state index in [0.717, 1.165) is 25.9 Å². The summed E-state index contributed by atoms with van der Waals surface area (Å²) in [5.41, 5.74) is 6.65. The minimum atomic E-state index is 0.00556. The SMILES string of the molecule is NC1CCC2CN(C(=O)c3cc(Cl)cc(Cl)c3)CC12. The molecule has 19 heavy (non-hydrogen) atoms. The van der Waals surface area contributed by atoms with Crippen molar-refractivity contribution >= 4 is 29.1 Å². The number of carbonyl (C=O) groups is 1. The van der Waals surface area contributed by atoms with Gasteiger partial charge in [0.2, 0.25) is 0 Å². The van der Waals surface area contributed by atoms with E-state index in [1.807, 2.05) is 4.90 Å². The van der Waals surface area contributed by atoms with E-state index in [0.29, 0.717) is 27.4 Å². The molecule has 2 fully saturated rings. The van der Waals surface area contributed by atoms with Gasteiger partial charge in [-0.05, 0) is 42.9 Å². The molecule has 3 unspecified atom stereocenters. The number of hydrogen-bond acceptors (Lipinski definition) is 2. The first kappa shape index (κ1) is 13.2. The van der Waals surface area contributed by atoms with Gasteiger partial charge in [0.1, 0.15) is 0 Å². The number of likely N-dealkylation sites (tertiary alicyclic amines) is 1. The molecule has 0 bridgehead atoms. The molecule has 2 aliphatic rings. The summed E-state index contributed by atoms with van der Waals surface area (Å²) in [6.45, 7) is 1.57. The fraction of sp³-hybridized carbons (Fsp3) is 0.500. The third kappa shape index (κ3) is 2.47. The monoisotopic (exact) mass is 298 g/mol. The standard InChI is InChI=1S/C14H16Cl2N2O/c15-10-3-9(4-11(16)5-10)14(19)18-6-8-1-2-13(17)12(8)7-18/h3-5,8,12-13H,1-2,6-7,17H2. The van der Waals surface area contributed by atoms with Gasteiger partial charge in [0.15, 0.2) is 0 Å². The number of fused-ring (bicyclic) bond motifs is 1. The van der Waals surface area contributed by atoms with Crippen LogP contribution in [0.5, 0.6) is 0 Å². The minimum Gasteiger partial charge on any atom is -0.338 e. The highest BCUT2D eigenvalue weighted by Crippen LogP contribution is 2.37. The topological polar surface area (TPSA) is 46.3 Å². The largest absolute Gasteiger partial charge is 0.338 e. The lowest BCUT2D eigenvalue weighted by Gasteiger charge is -2.19. The number of rotatable bonds is 1. The normalized spacial score (nSPS) is 29.6. The number of amides is 1. The van der Waals surface area contributed by atoms with E-state index >= 15 is 0 Å². The van der Waals surface area contributed by atoms with Gasteiger partial charge in [0.05, 0.1) is 0 Å².